The predicted molar refractivity (Wildman–Crippen MR) is 94.0 cm³/mol. The molecular weight excluding hydrogens is 320 g/mol. The lowest BCUT2D eigenvalue weighted by molar-refractivity contribution is -0.139. The quantitative estimate of drug-likeness (QED) is 0.763. The molecule has 2 heterocycles. The van der Waals surface area contributed by atoms with Crippen LogP contribution in [0.25, 0.3) is 0 Å². The van der Waals surface area contributed by atoms with Crippen LogP contribution in [0.3, 0.4) is 0 Å². The summed E-state index contributed by atoms with van der Waals surface area (Å²) < 4.78 is 7.50. The van der Waals surface area contributed by atoms with Crippen LogP contribution in [0.5, 0.6) is 0 Å². The van der Waals surface area contributed by atoms with Crippen LogP contribution in [0.4, 0.5) is 0 Å². The average molecular weight is 348 g/mol. The SMILES string of the molecule is Cn1cccc1C(CNC(=O)C(=O)NC1CCCC1)N1CCOCC1. The Labute approximate surface area is 148 Å². The van der Waals surface area contributed by atoms with E-state index in [1.807, 2.05) is 19.3 Å². The summed E-state index contributed by atoms with van der Waals surface area (Å²) in [5, 5.41) is 5.66. The third-order valence-electron chi connectivity index (χ3n) is 5.16. The minimum atomic E-state index is -0.542. The predicted octanol–water partition coefficient (Wildman–Crippen LogP) is 0.573. The van der Waals surface area contributed by atoms with E-state index in [1.54, 1.807) is 0 Å². The molecule has 0 bridgehead atoms. The molecule has 7 nitrogen and oxygen atoms in total. The first-order chi connectivity index (χ1) is 12.1. The number of carbonyl (C=O) groups is 2. The Kier molecular flexibility index (Phi) is 6.09. The second kappa shape index (κ2) is 8.49. The lowest BCUT2D eigenvalue weighted by Gasteiger charge is -2.34. The van der Waals surface area contributed by atoms with E-state index in [0.717, 1.165) is 44.5 Å². The van der Waals surface area contributed by atoms with Crippen molar-refractivity contribution >= 4 is 11.8 Å². The summed E-state index contributed by atoms with van der Waals surface area (Å²) in [4.78, 5) is 26.6. The van der Waals surface area contributed by atoms with Crippen molar-refractivity contribution in [2.24, 2.45) is 7.05 Å². The zero-order valence-corrected chi connectivity index (χ0v) is 14.9. The molecule has 1 aliphatic heterocycles. The van der Waals surface area contributed by atoms with E-state index in [-0.39, 0.29) is 12.1 Å². The van der Waals surface area contributed by atoms with Gasteiger partial charge in [-0.1, -0.05) is 12.8 Å². The van der Waals surface area contributed by atoms with Crippen molar-refractivity contribution < 1.29 is 14.3 Å². The van der Waals surface area contributed by atoms with Crippen LogP contribution in [0.1, 0.15) is 37.4 Å². The van der Waals surface area contributed by atoms with Crippen LogP contribution in [0.15, 0.2) is 18.3 Å². The van der Waals surface area contributed by atoms with Crippen LogP contribution in [-0.2, 0) is 21.4 Å². The summed E-state index contributed by atoms with van der Waals surface area (Å²) in [6, 6.07) is 4.25. The fourth-order valence-electron chi connectivity index (χ4n) is 3.72. The van der Waals surface area contributed by atoms with Gasteiger partial charge in [-0.3, -0.25) is 14.5 Å². The van der Waals surface area contributed by atoms with Crippen LogP contribution in [0, 0.1) is 0 Å². The molecule has 2 fully saturated rings. The third kappa shape index (κ3) is 4.61. The lowest BCUT2D eigenvalue weighted by Crippen LogP contribution is -2.48. The third-order valence-corrected chi connectivity index (χ3v) is 5.16. The van der Waals surface area contributed by atoms with Crippen molar-refractivity contribution in [2.45, 2.75) is 37.8 Å². The van der Waals surface area contributed by atoms with E-state index in [0.29, 0.717) is 19.8 Å². The van der Waals surface area contributed by atoms with E-state index < -0.39 is 11.8 Å². The molecule has 7 heteroatoms. The number of amides is 2. The molecule has 1 saturated carbocycles. The van der Waals surface area contributed by atoms with E-state index >= 15 is 0 Å². The zero-order chi connectivity index (χ0) is 17.6. The number of morpholine rings is 1. The minimum absolute atomic E-state index is 0.0344. The number of carbonyl (C=O) groups excluding carboxylic acids is 2. The number of nitrogens with zero attached hydrogens (tertiary/aromatic N) is 2. The highest BCUT2D eigenvalue weighted by molar-refractivity contribution is 6.35. The average Bonchev–Trinajstić information content (AvgIpc) is 3.28. The summed E-state index contributed by atoms with van der Waals surface area (Å²) in [5.41, 5.74) is 1.12. The van der Waals surface area contributed by atoms with Crippen molar-refractivity contribution in [3.8, 4) is 0 Å². The Balaban J connectivity index is 1.58. The van der Waals surface area contributed by atoms with Crippen molar-refractivity contribution in [1.82, 2.24) is 20.1 Å². The zero-order valence-electron chi connectivity index (χ0n) is 14.9. The molecule has 1 saturated heterocycles. The Bertz CT molecular complexity index is 589. The fourth-order valence-corrected chi connectivity index (χ4v) is 3.72. The van der Waals surface area contributed by atoms with Gasteiger partial charge in [0.25, 0.3) is 0 Å². The van der Waals surface area contributed by atoms with E-state index in [9.17, 15) is 9.59 Å². The molecule has 0 spiro atoms. The molecule has 2 N–H and O–H groups in total. The first-order valence-electron chi connectivity index (χ1n) is 9.17. The number of nitrogens with one attached hydrogen (secondary N) is 2. The summed E-state index contributed by atoms with van der Waals surface area (Å²) in [7, 11) is 2.00. The Morgan fingerprint density at radius 1 is 1.24 bits per heavy atom. The van der Waals surface area contributed by atoms with Crippen molar-refractivity contribution in [1.29, 1.82) is 0 Å². The maximum Gasteiger partial charge on any atom is 0.309 e. The summed E-state index contributed by atoms with van der Waals surface area (Å²) >= 11 is 0. The van der Waals surface area contributed by atoms with Gasteiger partial charge < -0.3 is 19.9 Å². The highest BCUT2D eigenvalue weighted by atomic mass is 16.5. The van der Waals surface area contributed by atoms with Gasteiger partial charge >= 0.3 is 11.8 Å². The second-order valence-corrected chi connectivity index (χ2v) is 6.87. The molecule has 0 aromatic carbocycles. The van der Waals surface area contributed by atoms with Gasteiger partial charge in [-0.25, -0.2) is 0 Å². The van der Waals surface area contributed by atoms with Gasteiger partial charge in [0, 0.05) is 44.6 Å². The van der Waals surface area contributed by atoms with Gasteiger partial charge in [-0.15, -0.1) is 0 Å². The molecule has 25 heavy (non-hydrogen) atoms. The molecule has 138 valence electrons. The Hall–Kier alpha value is -1.86. The maximum atomic E-state index is 12.2. The highest BCUT2D eigenvalue weighted by Crippen LogP contribution is 2.21. The van der Waals surface area contributed by atoms with Crippen molar-refractivity contribution in [3.63, 3.8) is 0 Å². The van der Waals surface area contributed by atoms with Crippen LogP contribution < -0.4 is 10.6 Å². The van der Waals surface area contributed by atoms with Crippen LogP contribution in [0.2, 0.25) is 0 Å². The molecule has 2 amide bonds. The van der Waals surface area contributed by atoms with Gasteiger partial charge in [0.2, 0.25) is 0 Å². The molecule has 1 unspecified atom stereocenters. The summed E-state index contributed by atoms with van der Waals surface area (Å²) in [6.07, 6.45) is 6.19. The number of aromatic nitrogens is 1. The minimum Gasteiger partial charge on any atom is -0.379 e. The lowest BCUT2D eigenvalue weighted by atomic mass is 10.1. The molecule has 1 aromatic heterocycles. The molecule has 3 rings (SSSR count). The summed E-state index contributed by atoms with van der Waals surface area (Å²) in [5.74, 6) is -1.06. The van der Waals surface area contributed by atoms with Gasteiger partial charge in [0.15, 0.2) is 0 Å². The van der Waals surface area contributed by atoms with Crippen molar-refractivity contribution in [3.05, 3.63) is 24.0 Å². The molecule has 0 radical (unpaired) electrons. The van der Waals surface area contributed by atoms with E-state index in [1.165, 1.54) is 0 Å². The first kappa shape index (κ1) is 17.9. The topological polar surface area (TPSA) is 75.6 Å². The Morgan fingerprint density at radius 3 is 2.60 bits per heavy atom. The number of hydrogen-bond donors (Lipinski definition) is 2. The monoisotopic (exact) mass is 348 g/mol. The molecule has 1 aromatic rings. The largest absolute Gasteiger partial charge is 0.379 e. The summed E-state index contributed by atoms with van der Waals surface area (Å²) in [6.45, 7) is 3.43. The van der Waals surface area contributed by atoms with Gasteiger partial charge in [0.05, 0.1) is 19.3 Å². The highest BCUT2D eigenvalue weighted by Gasteiger charge is 2.27. The van der Waals surface area contributed by atoms with Gasteiger partial charge in [0.1, 0.15) is 0 Å². The number of aryl methyl sites for hydroxylation is 1. The number of ether oxygens (including phenoxy) is 1. The number of rotatable bonds is 5. The van der Waals surface area contributed by atoms with Crippen molar-refractivity contribution in [2.75, 3.05) is 32.8 Å². The number of hydrogen-bond acceptors (Lipinski definition) is 4. The van der Waals surface area contributed by atoms with E-state index in [2.05, 4.69) is 26.2 Å². The van der Waals surface area contributed by atoms with Gasteiger partial charge in [-0.2, -0.15) is 0 Å². The van der Waals surface area contributed by atoms with Crippen LogP contribution in [-0.4, -0.2) is 60.2 Å². The molecule has 2 aliphatic rings. The first-order valence-corrected chi connectivity index (χ1v) is 9.17. The second-order valence-electron chi connectivity index (χ2n) is 6.87. The molecule has 1 aliphatic carbocycles. The molecular formula is C18H28N4O3. The van der Waals surface area contributed by atoms with Gasteiger partial charge in [-0.05, 0) is 25.0 Å². The Morgan fingerprint density at radius 2 is 1.96 bits per heavy atom. The van der Waals surface area contributed by atoms with Crippen LogP contribution >= 0.6 is 0 Å². The smallest absolute Gasteiger partial charge is 0.309 e. The standard InChI is InChI=1S/C18H28N4O3/c1-21-8-4-7-15(21)16(22-9-11-25-12-10-22)13-19-17(23)18(24)20-14-5-2-3-6-14/h4,7-8,14,16H,2-3,5-6,9-13H2,1H3,(H,19,23)(H,20,24). The normalized spacial score (nSPS) is 20.4. The molecule has 1 atom stereocenters. The van der Waals surface area contributed by atoms with E-state index in [4.69, 9.17) is 4.74 Å². The maximum absolute atomic E-state index is 12.2. The fraction of sp³-hybridized carbons (Fsp3) is 0.667.